The number of esters is 1. The number of urea groups is 1. The van der Waals surface area contributed by atoms with E-state index < -0.39 is 24.0 Å². The largest absolute Gasteiger partial charge is 0.504 e. The number of phenols is 1. The maximum atomic E-state index is 12.4. The minimum atomic E-state index is -0.825. The van der Waals surface area contributed by atoms with Gasteiger partial charge in [0.2, 0.25) is 0 Å². The fourth-order valence-electron chi connectivity index (χ4n) is 2.55. The third-order valence-corrected chi connectivity index (χ3v) is 3.70. The summed E-state index contributed by atoms with van der Waals surface area (Å²) in [7, 11) is 1.50. The second kappa shape index (κ2) is 8.39. The summed E-state index contributed by atoms with van der Waals surface area (Å²) in [6, 6.07) is 3.47. The number of carbonyl (C=O) groups is 2. The average Bonchev–Trinajstić information content (AvgIpc) is 2.56. The van der Waals surface area contributed by atoms with Crippen LogP contribution in [0.25, 0.3) is 0 Å². The van der Waals surface area contributed by atoms with Crippen molar-refractivity contribution in [1.82, 2.24) is 10.6 Å². The van der Waals surface area contributed by atoms with E-state index in [4.69, 9.17) is 14.2 Å². The lowest BCUT2D eigenvalue weighted by Gasteiger charge is -2.33. The number of aromatic hydroxyl groups is 1. The molecule has 1 saturated heterocycles. The van der Waals surface area contributed by atoms with Crippen LogP contribution < -0.4 is 15.4 Å². The molecule has 3 N–H and O–H groups in total. The Morgan fingerprint density at radius 3 is 2.80 bits per heavy atom. The van der Waals surface area contributed by atoms with Crippen molar-refractivity contribution < 1.29 is 28.9 Å². The molecule has 0 radical (unpaired) electrons. The van der Waals surface area contributed by atoms with Gasteiger partial charge in [0.15, 0.2) is 11.5 Å². The molecule has 0 spiro atoms. The molecule has 0 bridgehead atoms. The zero-order chi connectivity index (χ0) is 18.4. The fourth-order valence-corrected chi connectivity index (χ4v) is 2.55. The summed E-state index contributed by atoms with van der Waals surface area (Å²) in [5, 5.41) is 15.0. The van der Waals surface area contributed by atoms with Gasteiger partial charge in [-0.25, -0.2) is 4.79 Å². The minimum absolute atomic E-state index is 0.0242. The smallest absolute Gasteiger partial charge is 0.319 e. The first-order valence-corrected chi connectivity index (χ1v) is 7.85. The zero-order valence-corrected chi connectivity index (χ0v) is 14.2. The van der Waals surface area contributed by atoms with E-state index in [0.717, 1.165) is 0 Å². The van der Waals surface area contributed by atoms with Gasteiger partial charge in [0.05, 0.1) is 19.3 Å². The van der Waals surface area contributed by atoms with Gasteiger partial charge < -0.3 is 30.0 Å². The topological polar surface area (TPSA) is 106 Å². The lowest BCUT2D eigenvalue weighted by Crippen LogP contribution is -2.51. The number of ether oxygens (including phenoxy) is 3. The van der Waals surface area contributed by atoms with Crippen molar-refractivity contribution in [1.29, 1.82) is 0 Å². The molecule has 2 atom stereocenters. The van der Waals surface area contributed by atoms with Gasteiger partial charge in [-0.1, -0.05) is 12.6 Å². The van der Waals surface area contributed by atoms with Crippen LogP contribution in [0, 0.1) is 5.92 Å². The van der Waals surface area contributed by atoms with Crippen molar-refractivity contribution in [3.05, 3.63) is 36.0 Å². The third-order valence-electron chi connectivity index (χ3n) is 3.70. The van der Waals surface area contributed by atoms with Crippen molar-refractivity contribution in [3.8, 4) is 11.5 Å². The van der Waals surface area contributed by atoms with Gasteiger partial charge in [0.25, 0.3) is 0 Å². The van der Waals surface area contributed by atoms with Crippen LogP contribution in [-0.2, 0) is 14.3 Å². The molecule has 0 aliphatic carbocycles. The Kier molecular flexibility index (Phi) is 6.24. The van der Waals surface area contributed by atoms with E-state index in [9.17, 15) is 14.7 Å². The first-order valence-electron chi connectivity index (χ1n) is 7.85. The highest BCUT2D eigenvalue weighted by molar-refractivity contribution is 5.85. The van der Waals surface area contributed by atoms with Crippen LogP contribution >= 0.6 is 0 Å². The number of hydrogen-bond acceptors (Lipinski definition) is 6. The number of rotatable bonds is 7. The van der Waals surface area contributed by atoms with Crippen LogP contribution in [0.3, 0.4) is 0 Å². The van der Waals surface area contributed by atoms with Crippen LogP contribution in [0.4, 0.5) is 4.79 Å². The molecule has 8 heteroatoms. The van der Waals surface area contributed by atoms with Gasteiger partial charge in [0, 0.05) is 12.8 Å². The molecule has 8 nitrogen and oxygen atoms in total. The lowest BCUT2D eigenvalue weighted by molar-refractivity contribution is -0.149. The normalized spacial score (nSPS) is 19.8. The number of benzene rings is 1. The fraction of sp³-hybridized carbons (Fsp3) is 0.412. The van der Waals surface area contributed by atoms with Crippen molar-refractivity contribution in [3.63, 3.8) is 0 Å². The van der Waals surface area contributed by atoms with Gasteiger partial charge in [-0.05, 0) is 24.6 Å². The van der Waals surface area contributed by atoms with E-state index in [0.29, 0.717) is 12.2 Å². The van der Waals surface area contributed by atoms with E-state index in [-0.39, 0.29) is 30.4 Å². The maximum Gasteiger partial charge on any atom is 0.319 e. The molecule has 25 heavy (non-hydrogen) atoms. The molecule has 2 amide bonds. The van der Waals surface area contributed by atoms with Crippen LogP contribution in [0.1, 0.15) is 18.5 Å². The first kappa shape index (κ1) is 18.6. The van der Waals surface area contributed by atoms with Crippen LogP contribution in [0.2, 0.25) is 0 Å². The molecular formula is C17H22N2O6. The van der Waals surface area contributed by atoms with E-state index in [1.165, 1.54) is 13.2 Å². The molecular weight excluding hydrogens is 328 g/mol. The highest BCUT2D eigenvalue weighted by Crippen LogP contribution is 2.35. The van der Waals surface area contributed by atoms with Crippen molar-refractivity contribution in [2.75, 3.05) is 26.9 Å². The quantitative estimate of drug-likeness (QED) is 0.508. The minimum Gasteiger partial charge on any atom is -0.504 e. The number of phenolic OH excluding ortho intramolecular Hbond substituents is 1. The van der Waals surface area contributed by atoms with Gasteiger partial charge in [0.1, 0.15) is 12.5 Å². The highest BCUT2D eigenvalue weighted by Gasteiger charge is 2.39. The zero-order valence-electron chi connectivity index (χ0n) is 14.2. The van der Waals surface area contributed by atoms with Gasteiger partial charge in [-0.3, -0.25) is 4.79 Å². The molecule has 1 heterocycles. The average molecular weight is 350 g/mol. The Morgan fingerprint density at radius 2 is 2.12 bits per heavy atom. The number of carbonyl (C=O) groups excluding carboxylic acids is 2. The molecule has 0 aromatic heterocycles. The van der Waals surface area contributed by atoms with Crippen LogP contribution in [0.15, 0.2) is 30.5 Å². The second-order valence-corrected chi connectivity index (χ2v) is 5.40. The molecule has 0 saturated carbocycles. The molecule has 2 rings (SSSR count). The van der Waals surface area contributed by atoms with Gasteiger partial charge in [-0.15, -0.1) is 0 Å². The predicted molar refractivity (Wildman–Crippen MR) is 89.1 cm³/mol. The highest BCUT2D eigenvalue weighted by atomic mass is 16.6. The van der Waals surface area contributed by atoms with Gasteiger partial charge in [-0.2, -0.15) is 0 Å². The first-order chi connectivity index (χ1) is 12.0. The summed E-state index contributed by atoms with van der Waals surface area (Å²) in [4.78, 5) is 24.3. The Balaban J connectivity index is 2.30. The molecule has 1 aliphatic rings. The Morgan fingerprint density at radius 1 is 1.36 bits per heavy atom. The monoisotopic (exact) mass is 350 g/mol. The Bertz CT molecular complexity index is 661. The molecule has 136 valence electrons. The SMILES string of the molecule is C=C1NC(=O)N[C@H](c2ccc(O)c(OCC)c2)[C@H]1C(=O)OCCOC. The van der Waals surface area contributed by atoms with Crippen molar-refractivity contribution >= 4 is 12.0 Å². The number of nitrogens with one attached hydrogen (secondary N) is 2. The van der Waals surface area contributed by atoms with Crippen LogP contribution in [-0.4, -0.2) is 44.0 Å². The van der Waals surface area contributed by atoms with E-state index in [1.807, 2.05) is 0 Å². The lowest BCUT2D eigenvalue weighted by atomic mass is 9.89. The number of hydrogen-bond donors (Lipinski definition) is 3. The second-order valence-electron chi connectivity index (χ2n) is 5.40. The third kappa shape index (κ3) is 4.42. The Hall–Kier alpha value is -2.74. The summed E-state index contributed by atoms with van der Waals surface area (Å²) < 4.78 is 15.4. The van der Waals surface area contributed by atoms with Crippen LogP contribution in [0.5, 0.6) is 11.5 Å². The predicted octanol–water partition coefficient (Wildman–Crippen LogP) is 1.46. The summed E-state index contributed by atoms with van der Waals surface area (Å²) in [6.45, 7) is 6.28. The number of methoxy groups -OCH3 is 1. The molecule has 0 unspecified atom stereocenters. The molecule has 1 aliphatic heterocycles. The van der Waals surface area contributed by atoms with Crippen molar-refractivity contribution in [2.45, 2.75) is 13.0 Å². The van der Waals surface area contributed by atoms with E-state index in [1.54, 1.807) is 19.1 Å². The summed E-state index contributed by atoms with van der Waals surface area (Å²) in [5.74, 6) is -1.12. The summed E-state index contributed by atoms with van der Waals surface area (Å²) in [5.41, 5.74) is 0.827. The van der Waals surface area contributed by atoms with E-state index >= 15 is 0 Å². The van der Waals surface area contributed by atoms with Gasteiger partial charge >= 0.3 is 12.0 Å². The molecule has 1 fully saturated rings. The van der Waals surface area contributed by atoms with Crippen molar-refractivity contribution in [2.24, 2.45) is 5.92 Å². The summed E-state index contributed by atoms with van der Waals surface area (Å²) >= 11 is 0. The maximum absolute atomic E-state index is 12.4. The molecule has 1 aromatic rings. The number of amides is 2. The van der Waals surface area contributed by atoms with E-state index in [2.05, 4.69) is 17.2 Å². The Labute approximate surface area is 145 Å². The summed E-state index contributed by atoms with van der Waals surface area (Å²) in [6.07, 6.45) is 0. The standard InChI is InChI=1S/C17H22N2O6/c1-4-24-13-9-11(5-6-12(13)20)15-14(10(2)18-17(22)19-15)16(21)25-8-7-23-3/h5-6,9,14-15,20H,2,4,7-8H2,1,3H3,(H2,18,19,22)/t14-,15+/m0/s1. The molecule has 1 aromatic carbocycles.